The van der Waals surface area contributed by atoms with Gasteiger partial charge in [-0.25, -0.2) is 4.99 Å². The fourth-order valence-electron chi connectivity index (χ4n) is 2.12. The number of aliphatic imine (C=N–C) groups is 1. The summed E-state index contributed by atoms with van der Waals surface area (Å²) in [5.74, 6) is 1.72. The molecule has 0 aromatic rings. The fourth-order valence-corrected chi connectivity index (χ4v) is 2.43. The highest BCUT2D eigenvalue weighted by Crippen LogP contribution is 2.14. The van der Waals surface area contributed by atoms with E-state index in [2.05, 4.69) is 21.9 Å². The van der Waals surface area contributed by atoms with Crippen molar-refractivity contribution >= 4 is 23.6 Å². The van der Waals surface area contributed by atoms with Crippen LogP contribution in [0.1, 0.15) is 25.7 Å². The van der Waals surface area contributed by atoms with E-state index in [-0.39, 0.29) is 12.5 Å². The number of thioether (sulfide) groups is 1. The van der Waals surface area contributed by atoms with Gasteiger partial charge in [0, 0.05) is 39.5 Å². The third-order valence-electron chi connectivity index (χ3n) is 3.50. The van der Waals surface area contributed by atoms with Gasteiger partial charge >= 0.3 is 0 Å². The summed E-state index contributed by atoms with van der Waals surface area (Å²) >= 11 is 1.78. The Morgan fingerprint density at radius 3 is 2.73 bits per heavy atom. The first-order valence-corrected chi connectivity index (χ1v) is 9.35. The summed E-state index contributed by atoms with van der Waals surface area (Å²) in [4.78, 5) is 17.5. The number of rotatable bonds is 8. The van der Waals surface area contributed by atoms with Gasteiger partial charge in [-0.1, -0.05) is 0 Å². The van der Waals surface area contributed by atoms with Crippen LogP contribution in [0.25, 0.3) is 0 Å². The third-order valence-corrected chi connectivity index (χ3v) is 4.11. The largest absolute Gasteiger partial charge is 0.378 e. The predicted molar refractivity (Wildman–Crippen MR) is 93.6 cm³/mol. The Balaban J connectivity index is 2.35. The molecule has 0 spiro atoms. The molecule has 1 heterocycles. The van der Waals surface area contributed by atoms with Crippen LogP contribution in [-0.2, 0) is 9.53 Å². The molecule has 0 aromatic heterocycles. The highest BCUT2D eigenvalue weighted by molar-refractivity contribution is 7.98. The molecule has 1 atom stereocenters. The standard InChI is InChI=1S/C15H30N4O2S/c1-19(2)14(20)12-18-15(17-9-11-22-3)16-8-7-13-6-4-5-10-21-13/h13H,4-12H2,1-3H3,(H2,16,17,18). The number of nitrogens with one attached hydrogen (secondary N) is 2. The van der Waals surface area contributed by atoms with Gasteiger partial charge in [-0.2, -0.15) is 11.8 Å². The van der Waals surface area contributed by atoms with E-state index in [1.54, 1.807) is 30.8 Å². The van der Waals surface area contributed by atoms with E-state index in [1.165, 1.54) is 12.8 Å². The summed E-state index contributed by atoms with van der Waals surface area (Å²) in [6, 6.07) is 0. The van der Waals surface area contributed by atoms with Crippen LogP contribution in [0.5, 0.6) is 0 Å². The van der Waals surface area contributed by atoms with Crippen molar-refractivity contribution in [3.05, 3.63) is 0 Å². The molecule has 2 N–H and O–H groups in total. The first-order valence-electron chi connectivity index (χ1n) is 7.96. The lowest BCUT2D eigenvalue weighted by Gasteiger charge is -2.23. The highest BCUT2D eigenvalue weighted by atomic mass is 32.2. The Bertz CT molecular complexity index is 344. The first kappa shape index (κ1) is 19.1. The Kier molecular flexibility index (Phi) is 10.1. The van der Waals surface area contributed by atoms with Gasteiger partial charge in [0.15, 0.2) is 5.96 Å². The lowest BCUT2D eigenvalue weighted by atomic mass is 10.1. The van der Waals surface area contributed by atoms with E-state index in [4.69, 9.17) is 4.74 Å². The van der Waals surface area contributed by atoms with Gasteiger partial charge in [-0.3, -0.25) is 4.79 Å². The second-order valence-corrected chi connectivity index (χ2v) is 6.56. The lowest BCUT2D eigenvalue weighted by molar-refractivity contribution is -0.127. The van der Waals surface area contributed by atoms with Crippen molar-refractivity contribution in [3.63, 3.8) is 0 Å². The summed E-state index contributed by atoms with van der Waals surface area (Å²) < 4.78 is 5.72. The molecular weight excluding hydrogens is 300 g/mol. The molecule has 0 aliphatic carbocycles. The first-order chi connectivity index (χ1) is 10.6. The van der Waals surface area contributed by atoms with Crippen molar-refractivity contribution in [2.45, 2.75) is 31.8 Å². The van der Waals surface area contributed by atoms with Gasteiger partial charge in [0.05, 0.1) is 6.10 Å². The number of hydrogen-bond donors (Lipinski definition) is 2. The van der Waals surface area contributed by atoms with Gasteiger partial charge in [-0.05, 0) is 31.9 Å². The molecule has 1 amide bonds. The zero-order valence-electron chi connectivity index (χ0n) is 14.1. The second kappa shape index (κ2) is 11.6. The fraction of sp³-hybridized carbons (Fsp3) is 0.867. The molecule has 0 bridgehead atoms. The van der Waals surface area contributed by atoms with Crippen LogP contribution in [0.2, 0.25) is 0 Å². The van der Waals surface area contributed by atoms with Crippen LogP contribution in [0.15, 0.2) is 4.99 Å². The maximum Gasteiger partial charge on any atom is 0.243 e. The summed E-state index contributed by atoms with van der Waals surface area (Å²) in [6.07, 6.45) is 6.99. The zero-order valence-corrected chi connectivity index (χ0v) is 14.9. The number of carbonyl (C=O) groups is 1. The van der Waals surface area contributed by atoms with Crippen molar-refractivity contribution in [3.8, 4) is 0 Å². The normalized spacial score (nSPS) is 18.9. The molecule has 1 aliphatic rings. The van der Waals surface area contributed by atoms with Crippen LogP contribution in [0.3, 0.4) is 0 Å². The highest BCUT2D eigenvalue weighted by Gasteiger charge is 2.13. The number of ether oxygens (including phenoxy) is 1. The SMILES string of the molecule is CSCCNC(=NCC(=O)N(C)C)NCCC1CCCCO1. The molecule has 1 unspecified atom stereocenters. The van der Waals surface area contributed by atoms with Crippen molar-refractivity contribution in [1.29, 1.82) is 0 Å². The lowest BCUT2D eigenvalue weighted by Crippen LogP contribution is -2.41. The molecule has 1 fully saturated rings. The van der Waals surface area contributed by atoms with Crippen LogP contribution >= 0.6 is 11.8 Å². The second-order valence-electron chi connectivity index (χ2n) is 5.58. The number of likely N-dealkylation sites (N-methyl/N-ethyl adjacent to an activating group) is 1. The van der Waals surface area contributed by atoms with Crippen LogP contribution in [0.4, 0.5) is 0 Å². The Labute approximate surface area is 138 Å². The predicted octanol–water partition coefficient (Wildman–Crippen LogP) is 0.932. The summed E-state index contributed by atoms with van der Waals surface area (Å²) in [5, 5.41) is 6.56. The summed E-state index contributed by atoms with van der Waals surface area (Å²) in [7, 11) is 3.49. The molecule has 128 valence electrons. The summed E-state index contributed by atoms with van der Waals surface area (Å²) in [5.41, 5.74) is 0. The Morgan fingerprint density at radius 1 is 1.32 bits per heavy atom. The van der Waals surface area contributed by atoms with E-state index < -0.39 is 0 Å². The van der Waals surface area contributed by atoms with Crippen molar-refractivity contribution in [2.75, 3.05) is 52.3 Å². The molecular formula is C15H30N4O2S. The topological polar surface area (TPSA) is 66.0 Å². The minimum atomic E-state index is 0.00146. The van der Waals surface area contributed by atoms with E-state index >= 15 is 0 Å². The summed E-state index contributed by atoms with van der Waals surface area (Å²) in [6.45, 7) is 2.70. The van der Waals surface area contributed by atoms with Crippen LogP contribution < -0.4 is 10.6 Å². The molecule has 0 saturated carbocycles. The van der Waals surface area contributed by atoms with Crippen molar-refractivity contribution in [2.24, 2.45) is 4.99 Å². The molecule has 1 saturated heterocycles. The number of hydrogen-bond acceptors (Lipinski definition) is 4. The molecule has 7 heteroatoms. The Hall–Kier alpha value is -0.950. The number of guanidine groups is 1. The van der Waals surface area contributed by atoms with Crippen LogP contribution in [0, 0.1) is 0 Å². The van der Waals surface area contributed by atoms with Crippen LogP contribution in [-0.4, -0.2) is 75.2 Å². The van der Waals surface area contributed by atoms with Crippen molar-refractivity contribution in [1.82, 2.24) is 15.5 Å². The minimum absolute atomic E-state index is 0.00146. The quantitative estimate of drug-likeness (QED) is 0.394. The average Bonchev–Trinajstić information content (AvgIpc) is 2.52. The van der Waals surface area contributed by atoms with E-state index in [9.17, 15) is 4.79 Å². The Morgan fingerprint density at radius 2 is 2.09 bits per heavy atom. The number of amides is 1. The monoisotopic (exact) mass is 330 g/mol. The van der Waals surface area contributed by atoms with Gasteiger partial charge in [0.2, 0.25) is 5.91 Å². The van der Waals surface area contributed by atoms with Gasteiger partial charge in [0.25, 0.3) is 0 Å². The molecule has 1 rings (SSSR count). The maximum atomic E-state index is 11.6. The third kappa shape index (κ3) is 8.48. The molecule has 22 heavy (non-hydrogen) atoms. The van der Waals surface area contributed by atoms with Gasteiger partial charge < -0.3 is 20.3 Å². The maximum absolute atomic E-state index is 11.6. The minimum Gasteiger partial charge on any atom is -0.378 e. The molecule has 6 nitrogen and oxygen atoms in total. The molecule has 0 radical (unpaired) electrons. The molecule has 0 aromatic carbocycles. The van der Waals surface area contributed by atoms with Gasteiger partial charge in [-0.15, -0.1) is 0 Å². The molecule has 1 aliphatic heterocycles. The van der Waals surface area contributed by atoms with E-state index in [0.29, 0.717) is 12.1 Å². The van der Waals surface area contributed by atoms with Gasteiger partial charge in [0.1, 0.15) is 6.54 Å². The number of nitrogens with zero attached hydrogens (tertiary/aromatic N) is 2. The zero-order chi connectivity index (χ0) is 16.2. The average molecular weight is 330 g/mol. The smallest absolute Gasteiger partial charge is 0.243 e. The number of carbonyl (C=O) groups excluding carboxylic acids is 1. The van der Waals surface area contributed by atoms with E-state index in [0.717, 1.165) is 38.3 Å². The van der Waals surface area contributed by atoms with Crippen molar-refractivity contribution < 1.29 is 9.53 Å². The van der Waals surface area contributed by atoms with E-state index in [1.807, 2.05) is 0 Å².